The largest absolute Gasteiger partial charge is 0.272 e. The number of hydrogen-bond donors (Lipinski definition) is 1. The Morgan fingerprint density at radius 1 is 1.27 bits per heavy atom. The number of thioether (sulfide) groups is 1. The molecule has 0 saturated carbocycles. The first-order valence-corrected chi connectivity index (χ1v) is 6.81. The van der Waals surface area contributed by atoms with Gasteiger partial charge in [-0.25, -0.2) is 0 Å². The number of aliphatic imine (C=N–C) groups is 1. The molecule has 0 radical (unpaired) electrons. The van der Waals surface area contributed by atoms with Crippen LogP contribution in [0.15, 0.2) is 4.99 Å². The third-order valence-corrected chi connectivity index (χ3v) is 2.74. The minimum Gasteiger partial charge on any atom is -0.272 e. The highest BCUT2D eigenvalue weighted by Crippen LogP contribution is 2.05. The van der Waals surface area contributed by atoms with Crippen molar-refractivity contribution in [1.29, 1.82) is 5.26 Å². The molecule has 0 rings (SSSR count). The van der Waals surface area contributed by atoms with Crippen LogP contribution in [-0.4, -0.2) is 18.0 Å². The standard InChI is InChI=1S/C11H21N3S/c1-3-4-5-6-7-8-9-13-11(15-2)14-10-12/h3-9H2,1-2H3,(H,13,14). The quantitative estimate of drug-likeness (QED) is 0.239. The fraction of sp³-hybridized carbons (Fsp3) is 0.818. The highest BCUT2D eigenvalue weighted by molar-refractivity contribution is 8.13. The Kier molecular flexibility index (Phi) is 10.9. The van der Waals surface area contributed by atoms with Crippen molar-refractivity contribution in [1.82, 2.24) is 5.32 Å². The van der Waals surface area contributed by atoms with Gasteiger partial charge in [-0.1, -0.05) is 50.8 Å². The Hall–Kier alpha value is -0.690. The molecule has 0 saturated heterocycles. The summed E-state index contributed by atoms with van der Waals surface area (Å²) >= 11 is 1.48. The van der Waals surface area contributed by atoms with Gasteiger partial charge in [0.1, 0.15) is 0 Å². The lowest BCUT2D eigenvalue weighted by Gasteiger charge is -2.00. The minimum atomic E-state index is 0.728. The van der Waals surface area contributed by atoms with E-state index >= 15 is 0 Å². The molecule has 0 spiro atoms. The Bertz CT molecular complexity index is 208. The number of nitriles is 1. The van der Waals surface area contributed by atoms with E-state index in [2.05, 4.69) is 17.2 Å². The summed E-state index contributed by atoms with van der Waals surface area (Å²) in [5.74, 6) is 0. The van der Waals surface area contributed by atoms with Crippen LogP contribution in [0.1, 0.15) is 45.4 Å². The Morgan fingerprint density at radius 2 is 1.93 bits per heavy atom. The fourth-order valence-corrected chi connectivity index (χ4v) is 1.64. The summed E-state index contributed by atoms with van der Waals surface area (Å²) in [7, 11) is 0. The molecule has 3 nitrogen and oxygen atoms in total. The maximum absolute atomic E-state index is 8.41. The lowest BCUT2D eigenvalue weighted by molar-refractivity contribution is 0.612. The van der Waals surface area contributed by atoms with Gasteiger partial charge in [0.15, 0.2) is 11.4 Å². The SMILES string of the molecule is CCCCCCCCN=C(NC#N)SC. The second kappa shape index (κ2) is 11.4. The van der Waals surface area contributed by atoms with Gasteiger partial charge in [-0.15, -0.1) is 0 Å². The predicted octanol–water partition coefficient (Wildman–Crippen LogP) is 3.14. The summed E-state index contributed by atoms with van der Waals surface area (Å²) in [6.07, 6.45) is 11.5. The van der Waals surface area contributed by atoms with E-state index in [1.54, 1.807) is 0 Å². The smallest absolute Gasteiger partial charge is 0.183 e. The maximum atomic E-state index is 8.41. The van der Waals surface area contributed by atoms with Crippen molar-refractivity contribution in [2.45, 2.75) is 45.4 Å². The van der Waals surface area contributed by atoms with Crippen molar-refractivity contribution in [3.05, 3.63) is 0 Å². The molecule has 0 atom stereocenters. The first-order valence-electron chi connectivity index (χ1n) is 5.58. The first-order chi connectivity index (χ1) is 7.35. The Morgan fingerprint density at radius 3 is 2.53 bits per heavy atom. The van der Waals surface area contributed by atoms with Crippen molar-refractivity contribution < 1.29 is 0 Å². The number of rotatable bonds is 7. The highest BCUT2D eigenvalue weighted by atomic mass is 32.2. The van der Waals surface area contributed by atoms with Crippen molar-refractivity contribution in [3.8, 4) is 6.19 Å². The maximum Gasteiger partial charge on any atom is 0.183 e. The molecule has 15 heavy (non-hydrogen) atoms. The average Bonchev–Trinajstić information content (AvgIpc) is 2.26. The Labute approximate surface area is 97.3 Å². The zero-order valence-corrected chi connectivity index (χ0v) is 10.6. The molecule has 1 N–H and O–H groups in total. The van der Waals surface area contributed by atoms with Crippen molar-refractivity contribution >= 4 is 16.9 Å². The zero-order chi connectivity index (χ0) is 11.4. The lowest BCUT2D eigenvalue weighted by Crippen LogP contribution is -2.13. The number of nitrogens with one attached hydrogen (secondary N) is 1. The van der Waals surface area contributed by atoms with E-state index in [9.17, 15) is 0 Å². The highest BCUT2D eigenvalue weighted by Gasteiger charge is 1.93. The van der Waals surface area contributed by atoms with E-state index in [1.165, 1.54) is 43.9 Å². The normalized spacial score (nSPS) is 11.1. The third-order valence-electron chi connectivity index (χ3n) is 2.12. The molecule has 0 unspecified atom stereocenters. The number of unbranched alkanes of at least 4 members (excludes halogenated alkanes) is 5. The van der Waals surface area contributed by atoms with Crippen LogP contribution in [0.3, 0.4) is 0 Å². The minimum absolute atomic E-state index is 0.728. The predicted molar refractivity (Wildman–Crippen MR) is 67.9 cm³/mol. The molecule has 0 aromatic carbocycles. The fourth-order valence-electron chi connectivity index (χ4n) is 1.28. The molecule has 0 aromatic heterocycles. The van der Waals surface area contributed by atoms with E-state index in [4.69, 9.17) is 5.26 Å². The number of amidine groups is 1. The van der Waals surface area contributed by atoms with Gasteiger partial charge in [0.25, 0.3) is 0 Å². The van der Waals surface area contributed by atoms with Crippen molar-refractivity contribution in [2.24, 2.45) is 4.99 Å². The van der Waals surface area contributed by atoms with Crippen molar-refractivity contribution in [2.75, 3.05) is 12.8 Å². The molecule has 0 bridgehead atoms. The molecule has 86 valence electrons. The summed E-state index contributed by atoms with van der Waals surface area (Å²) in [5, 5.41) is 11.7. The van der Waals surface area contributed by atoms with Gasteiger partial charge in [0.05, 0.1) is 0 Å². The van der Waals surface area contributed by atoms with Crippen LogP contribution in [0.4, 0.5) is 0 Å². The first kappa shape index (κ1) is 14.3. The van der Waals surface area contributed by atoms with Crippen LogP contribution in [-0.2, 0) is 0 Å². The van der Waals surface area contributed by atoms with Gasteiger partial charge in [-0.05, 0) is 12.7 Å². The molecule has 4 heteroatoms. The van der Waals surface area contributed by atoms with Crippen LogP contribution in [0.2, 0.25) is 0 Å². The molecular weight excluding hydrogens is 206 g/mol. The third kappa shape index (κ3) is 9.61. The van der Waals surface area contributed by atoms with Crippen LogP contribution >= 0.6 is 11.8 Å². The molecule has 0 aliphatic heterocycles. The second-order valence-electron chi connectivity index (χ2n) is 3.40. The molecule has 0 aromatic rings. The molecule has 0 fully saturated rings. The van der Waals surface area contributed by atoms with E-state index in [0.29, 0.717) is 0 Å². The van der Waals surface area contributed by atoms with E-state index in [1.807, 2.05) is 12.4 Å². The van der Waals surface area contributed by atoms with Crippen LogP contribution in [0, 0.1) is 11.5 Å². The Balaban J connectivity index is 3.38. The van der Waals surface area contributed by atoms with Gasteiger partial charge < -0.3 is 0 Å². The average molecular weight is 227 g/mol. The summed E-state index contributed by atoms with van der Waals surface area (Å²) in [4.78, 5) is 4.30. The molecule has 0 amide bonds. The van der Waals surface area contributed by atoms with Gasteiger partial charge >= 0.3 is 0 Å². The molecular formula is C11H21N3S. The molecule has 0 aliphatic rings. The second-order valence-corrected chi connectivity index (χ2v) is 4.19. The summed E-state index contributed by atoms with van der Waals surface area (Å²) in [5.41, 5.74) is 0. The summed E-state index contributed by atoms with van der Waals surface area (Å²) < 4.78 is 0. The topological polar surface area (TPSA) is 48.2 Å². The zero-order valence-electron chi connectivity index (χ0n) is 9.75. The number of hydrogen-bond acceptors (Lipinski definition) is 3. The van der Waals surface area contributed by atoms with Gasteiger partial charge in [0, 0.05) is 6.54 Å². The molecule has 0 heterocycles. The van der Waals surface area contributed by atoms with Gasteiger partial charge in [0.2, 0.25) is 0 Å². The lowest BCUT2D eigenvalue weighted by atomic mass is 10.1. The monoisotopic (exact) mass is 227 g/mol. The van der Waals surface area contributed by atoms with Crippen LogP contribution < -0.4 is 5.32 Å². The van der Waals surface area contributed by atoms with E-state index < -0.39 is 0 Å². The van der Waals surface area contributed by atoms with Gasteiger partial charge in [-0.2, -0.15) is 5.26 Å². The molecule has 0 aliphatic carbocycles. The van der Waals surface area contributed by atoms with Crippen LogP contribution in [0.5, 0.6) is 0 Å². The summed E-state index contributed by atoms with van der Waals surface area (Å²) in [6.45, 7) is 3.06. The van der Waals surface area contributed by atoms with E-state index in [-0.39, 0.29) is 0 Å². The number of nitrogens with zero attached hydrogens (tertiary/aromatic N) is 2. The van der Waals surface area contributed by atoms with Crippen LogP contribution in [0.25, 0.3) is 0 Å². The summed E-state index contributed by atoms with van der Waals surface area (Å²) in [6, 6.07) is 0. The van der Waals surface area contributed by atoms with Gasteiger partial charge in [-0.3, -0.25) is 10.3 Å². The van der Waals surface area contributed by atoms with E-state index in [0.717, 1.165) is 18.1 Å². The van der Waals surface area contributed by atoms with Crippen molar-refractivity contribution in [3.63, 3.8) is 0 Å².